The summed E-state index contributed by atoms with van der Waals surface area (Å²) >= 11 is 0. The molecule has 4 aromatic rings. The summed E-state index contributed by atoms with van der Waals surface area (Å²) in [6.07, 6.45) is 9.01. The monoisotopic (exact) mass is 582 g/mol. The minimum atomic E-state index is -0.505. The molecule has 0 aliphatic carbocycles. The second kappa shape index (κ2) is 12.7. The van der Waals surface area contributed by atoms with E-state index in [1.165, 1.54) is 28.6 Å². The Morgan fingerprint density at radius 2 is 1.51 bits per heavy atom. The van der Waals surface area contributed by atoms with Crippen molar-refractivity contribution in [3.63, 3.8) is 0 Å². The number of carbonyl (C=O) groups excluding carboxylic acids is 1. The molecule has 0 saturated carbocycles. The third kappa shape index (κ3) is 7.00. The Kier molecular flexibility index (Phi) is 9.04. The Morgan fingerprint density at radius 3 is 2.07 bits per heavy atom. The van der Waals surface area contributed by atoms with Gasteiger partial charge in [-0.25, -0.2) is 4.79 Å². The van der Waals surface area contributed by atoms with Crippen LogP contribution < -0.4 is 0 Å². The summed E-state index contributed by atoms with van der Waals surface area (Å²) in [5.74, 6) is 1.16. The van der Waals surface area contributed by atoms with E-state index in [1.807, 2.05) is 42.5 Å². The Hall–Kier alpha value is -3.94. The van der Waals surface area contributed by atoms with Gasteiger partial charge in [0.2, 0.25) is 0 Å². The van der Waals surface area contributed by atoms with Crippen LogP contribution in [0.2, 0.25) is 0 Å². The number of nitrogens with zero attached hydrogens (tertiary/aromatic N) is 6. The highest BCUT2D eigenvalue weighted by molar-refractivity contribution is 6.03. The van der Waals surface area contributed by atoms with Gasteiger partial charge in [-0.15, -0.1) is 0 Å². The zero-order chi connectivity index (χ0) is 30.7. The number of hydrogen-bond acceptors (Lipinski definition) is 5. The first-order valence-electron chi connectivity index (χ1n) is 15.7. The van der Waals surface area contributed by atoms with Gasteiger partial charge < -0.3 is 4.74 Å². The van der Waals surface area contributed by atoms with E-state index in [4.69, 9.17) is 9.73 Å². The van der Waals surface area contributed by atoms with E-state index in [-0.39, 0.29) is 6.09 Å². The van der Waals surface area contributed by atoms with Gasteiger partial charge in [0.1, 0.15) is 5.60 Å². The molecule has 8 heteroatoms. The number of benzene rings is 2. The van der Waals surface area contributed by atoms with Crippen molar-refractivity contribution in [1.29, 1.82) is 0 Å². The average Bonchev–Trinajstić information content (AvgIpc) is 3.60. The largest absolute Gasteiger partial charge is 0.443 e. The number of rotatable bonds is 4. The molecule has 2 aliphatic heterocycles. The summed E-state index contributed by atoms with van der Waals surface area (Å²) in [4.78, 5) is 19.2. The predicted octanol–water partition coefficient (Wildman–Crippen LogP) is 7.95. The summed E-state index contributed by atoms with van der Waals surface area (Å²) in [7, 11) is 0. The molecule has 2 aromatic carbocycles. The normalized spacial score (nSPS) is 19.1. The Balaban J connectivity index is 0.000000180. The van der Waals surface area contributed by atoms with Gasteiger partial charge in [0.25, 0.3) is 0 Å². The molecule has 0 radical (unpaired) electrons. The zero-order valence-electron chi connectivity index (χ0n) is 26.8. The molecule has 0 bridgehead atoms. The highest BCUT2D eigenvalue weighted by Crippen LogP contribution is 2.31. The number of fused-ring (bicyclic) bond motifs is 2. The second-order valence-electron chi connectivity index (χ2n) is 12.9. The van der Waals surface area contributed by atoms with Crippen molar-refractivity contribution < 1.29 is 9.53 Å². The molecule has 6 rings (SSSR count). The lowest BCUT2D eigenvalue weighted by Gasteiger charge is -2.34. The first kappa shape index (κ1) is 30.5. The van der Waals surface area contributed by atoms with Gasteiger partial charge >= 0.3 is 6.09 Å². The Morgan fingerprint density at radius 1 is 0.907 bits per heavy atom. The smallest absolute Gasteiger partial charge is 0.414 e. The van der Waals surface area contributed by atoms with Crippen LogP contribution in [0.3, 0.4) is 0 Å². The van der Waals surface area contributed by atoms with Crippen LogP contribution in [0.5, 0.6) is 0 Å². The lowest BCUT2D eigenvalue weighted by Crippen LogP contribution is -2.39. The fraction of sp³-hybridized carbons (Fsp3) is 0.486. The van der Waals surface area contributed by atoms with Gasteiger partial charge in [0, 0.05) is 42.7 Å². The highest BCUT2D eigenvalue weighted by atomic mass is 16.6. The SMILES string of the molecule is CCn1ncc2cc(C3=CCC(C)CN3C(=O)OC(C)(C)C)ccc21.CCn1ncc2cc(C3=NCC(C)CC3)ccc21. The molecule has 228 valence electrons. The predicted molar refractivity (Wildman–Crippen MR) is 175 cm³/mol. The van der Waals surface area contributed by atoms with E-state index in [0.29, 0.717) is 12.5 Å². The molecule has 43 heavy (non-hydrogen) atoms. The molecule has 8 nitrogen and oxygen atoms in total. The minimum absolute atomic E-state index is 0.283. The van der Waals surface area contributed by atoms with Gasteiger partial charge in [0.05, 0.1) is 29.1 Å². The standard InChI is InChI=1S/C20H27N3O2.C15H19N3/c1-6-23-18-10-8-15(11-16(18)12-21-23)17-9-7-14(2)13-22(17)19(24)25-20(3,4)5;1-3-18-15-7-5-12(8-13(15)10-17-18)14-6-4-11(2)9-16-14/h8-12,14H,6-7,13H2,1-5H3;5,7-8,10-11H,3-4,6,9H2,1-2H3. The van der Waals surface area contributed by atoms with E-state index < -0.39 is 5.60 Å². The molecule has 2 aliphatic rings. The van der Waals surface area contributed by atoms with Crippen LogP contribution in [0, 0.1) is 11.8 Å². The lowest BCUT2D eigenvalue weighted by atomic mass is 9.95. The van der Waals surface area contributed by atoms with Crippen molar-refractivity contribution in [3.05, 3.63) is 66.0 Å². The van der Waals surface area contributed by atoms with Crippen LogP contribution in [0.25, 0.3) is 27.5 Å². The Labute approximate surface area is 255 Å². The van der Waals surface area contributed by atoms with Gasteiger partial charge in [-0.1, -0.05) is 32.1 Å². The van der Waals surface area contributed by atoms with Crippen molar-refractivity contribution in [3.8, 4) is 0 Å². The quantitative estimate of drug-likeness (QED) is 0.245. The van der Waals surface area contributed by atoms with Crippen molar-refractivity contribution in [2.45, 2.75) is 86.4 Å². The maximum absolute atomic E-state index is 12.7. The Bertz CT molecular complexity index is 1650. The maximum Gasteiger partial charge on any atom is 0.414 e. The summed E-state index contributed by atoms with van der Waals surface area (Å²) in [5.41, 5.74) is 6.31. The van der Waals surface area contributed by atoms with Crippen LogP contribution in [0.15, 0.2) is 59.9 Å². The fourth-order valence-electron chi connectivity index (χ4n) is 5.74. The molecule has 0 spiro atoms. The number of aryl methyl sites for hydroxylation is 2. The number of allylic oxidation sites excluding steroid dienone is 1. The minimum Gasteiger partial charge on any atom is -0.443 e. The van der Waals surface area contributed by atoms with E-state index >= 15 is 0 Å². The number of ether oxygens (including phenoxy) is 1. The third-order valence-corrected chi connectivity index (χ3v) is 8.09. The topological polar surface area (TPSA) is 77.5 Å². The first-order chi connectivity index (χ1) is 20.6. The molecular formula is C35H46N6O2. The van der Waals surface area contributed by atoms with Gasteiger partial charge in [-0.05, 0) is 101 Å². The molecule has 1 amide bonds. The first-order valence-corrected chi connectivity index (χ1v) is 15.7. The van der Waals surface area contributed by atoms with E-state index in [0.717, 1.165) is 60.6 Å². The van der Waals surface area contributed by atoms with Crippen molar-refractivity contribution in [1.82, 2.24) is 24.5 Å². The number of aromatic nitrogens is 4. The van der Waals surface area contributed by atoms with Crippen molar-refractivity contribution >= 4 is 39.3 Å². The van der Waals surface area contributed by atoms with Crippen LogP contribution in [0.4, 0.5) is 4.79 Å². The van der Waals surface area contributed by atoms with Crippen molar-refractivity contribution in [2.24, 2.45) is 16.8 Å². The van der Waals surface area contributed by atoms with Gasteiger partial charge in [-0.3, -0.25) is 19.3 Å². The average molecular weight is 583 g/mol. The van der Waals surface area contributed by atoms with Crippen LogP contribution >= 0.6 is 0 Å². The molecule has 4 heterocycles. The number of amides is 1. The van der Waals surface area contributed by atoms with E-state index in [2.05, 4.69) is 80.4 Å². The van der Waals surface area contributed by atoms with Crippen LogP contribution in [-0.4, -0.2) is 55.0 Å². The molecule has 0 saturated heterocycles. The summed E-state index contributed by atoms with van der Waals surface area (Å²) in [5, 5.41) is 11.1. The number of aliphatic imine (C=N–C) groups is 1. The maximum atomic E-state index is 12.7. The fourth-order valence-corrected chi connectivity index (χ4v) is 5.74. The van der Waals surface area contributed by atoms with Gasteiger partial charge in [-0.2, -0.15) is 10.2 Å². The molecule has 2 unspecified atom stereocenters. The highest BCUT2D eigenvalue weighted by Gasteiger charge is 2.29. The molecule has 0 N–H and O–H groups in total. The molecular weight excluding hydrogens is 536 g/mol. The van der Waals surface area contributed by atoms with Crippen molar-refractivity contribution in [2.75, 3.05) is 13.1 Å². The van der Waals surface area contributed by atoms with Gasteiger partial charge in [0.15, 0.2) is 0 Å². The second-order valence-corrected chi connectivity index (χ2v) is 12.9. The van der Waals surface area contributed by atoms with Crippen LogP contribution in [0.1, 0.15) is 78.9 Å². The number of carbonyl (C=O) groups is 1. The third-order valence-electron chi connectivity index (χ3n) is 8.09. The molecule has 0 fully saturated rings. The summed E-state index contributed by atoms with van der Waals surface area (Å²) in [6.45, 7) is 17.7. The summed E-state index contributed by atoms with van der Waals surface area (Å²) < 4.78 is 9.62. The van der Waals surface area contributed by atoms with E-state index in [9.17, 15) is 4.79 Å². The molecule has 2 atom stereocenters. The molecule has 2 aromatic heterocycles. The van der Waals surface area contributed by atoms with E-state index in [1.54, 1.807) is 4.90 Å². The van der Waals surface area contributed by atoms with Crippen LogP contribution in [-0.2, 0) is 17.8 Å². The zero-order valence-corrected chi connectivity index (χ0v) is 26.8. The lowest BCUT2D eigenvalue weighted by molar-refractivity contribution is 0.0327. The number of hydrogen-bond donors (Lipinski definition) is 0. The summed E-state index contributed by atoms with van der Waals surface area (Å²) in [6, 6.07) is 12.8.